The largest absolute Gasteiger partial charge is 0.489 e. The molecular formula is C12H15ClO2. The molecule has 0 saturated carbocycles. The quantitative estimate of drug-likeness (QED) is 0.854. The molecule has 0 spiro atoms. The minimum atomic E-state index is -0.526. The first kappa shape index (κ1) is 12.1. The van der Waals surface area contributed by atoms with Gasteiger partial charge in [0.25, 0.3) is 0 Å². The van der Waals surface area contributed by atoms with Crippen molar-refractivity contribution in [2.75, 3.05) is 6.61 Å². The molecule has 0 fully saturated rings. The lowest BCUT2D eigenvalue weighted by molar-refractivity contribution is 0.192. The number of aliphatic hydroxyl groups is 1. The predicted molar refractivity (Wildman–Crippen MR) is 62.2 cm³/mol. The van der Waals surface area contributed by atoms with Gasteiger partial charge in [-0.2, -0.15) is 0 Å². The molecule has 82 valence electrons. The number of benzene rings is 1. The van der Waals surface area contributed by atoms with Gasteiger partial charge in [-0.1, -0.05) is 29.8 Å². The lowest BCUT2D eigenvalue weighted by Gasteiger charge is -2.12. The van der Waals surface area contributed by atoms with E-state index >= 15 is 0 Å². The number of para-hydroxylation sites is 1. The van der Waals surface area contributed by atoms with Crippen molar-refractivity contribution in [3.63, 3.8) is 0 Å². The molecule has 1 aromatic carbocycles. The van der Waals surface area contributed by atoms with Crippen molar-refractivity contribution in [1.29, 1.82) is 0 Å². The van der Waals surface area contributed by atoms with Crippen LogP contribution in [0.3, 0.4) is 0 Å². The van der Waals surface area contributed by atoms with Crippen molar-refractivity contribution in [3.8, 4) is 5.75 Å². The van der Waals surface area contributed by atoms with Crippen molar-refractivity contribution >= 4 is 11.6 Å². The highest BCUT2D eigenvalue weighted by Crippen LogP contribution is 2.24. The van der Waals surface area contributed by atoms with E-state index in [9.17, 15) is 5.11 Å². The van der Waals surface area contributed by atoms with Gasteiger partial charge in [-0.05, 0) is 25.5 Å². The zero-order valence-corrected chi connectivity index (χ0v) is 9.66. The summed E-state index contributed by atoms with van der Waals surface area (Å²) in [5.74, 6) is 0.699. The van der Waals surface area contributed by atoms with Crippen LogP contribution >= 0.6 is 11.6 Å². The van der Waals surface area contributed by atoms with Gasteiger partial charge >= 0.3 is 0 Å². The molecule has 0 radical (unpaired) electrons. The summed E-state index contributed by atoms with van der Waals surface area (Å²) in [6.45, 7) is 4.04. The van der Waals surface area contributed by atoms with Gasteiger partial charge in [0, 0.05) is 11.1 Å². The van der Waals surface area contributed by atoms with Crippen LogP contribution in [-0.4, -0.2) is 11.7 Å². The Morgan fingerprint density at radius 1 is 1.53 bits per heavy atom. The molecule has 0 aliphatic rings. The van der Waals surface area contributed by atoms with Gasteiger partial charge in [0.2, 0.25) is 0 Å². The van der Waals surface area contributed by atoms with E-state index in [-0.39, 0.29) is 0 Å². The molecule has 0 saturated heterocycles. The molecule has 1 aromatic rings. The summed E-state index contributed by atoms with van der Waals surface area (Å²) in [5, 5.41) is 9.51. The van der Waals surface area contributed by atoms with Gasteiger partial charge in [0.15, 0.2) is 0 Å². The molecule has 3 heteroatoms. The number of ether oxygens (including phenoxy) is 1. The Morgan fingerprint density at radius 3 is 2.80 bits per heavy atom. The minimum Gasteiger partial charge on any atom is -0.489 e. The maximum absolute atomic E-state index is 9.51. The van der Waals surface area contributed by atoms with E-state index in [1.807, 2.05) is 31.2 Å². The molecule has 0 aliphatic heterocycles. The van der Waals surface area contributed by atoms with Crippen LogP contribution in [0.2, 0.25) is 0 Å². The van der Waals surface area contributed by atoms with E-state index in [1.54, 1.807) is 6.92 Å². The SMILES string of the molecule is C/C(=C\Cl)COc1ccccc1[C@H](C)O. The molecular weight excluding hydrogens is 212 g/mol. The maximum atomic E-state index is 9.51. The number of hydrogen-bond donors (Lipinski definition) is 1. The van der Waals surface area contributed by atoms with Crippen molar-refractivity contribution < 1.29 is 9.84 Å². The third-order valence-corrected chi connectivity index (χ3v) is 2.38. The van der Waals surface area contributed by atoms with Crippen molar-refractivity contribution in [2.45, 2.75) is 20.0 Å². The third-order valence-electron chi connectivity index (χ3n) is 2.01. The van der Waals surface area contributed by atoms with E-state index in [4.69, 9.17) is 16.3 Å². The topological polar surface area (TPSA) is 29.5 Å². The summed E-state index contributed by atoms with van der Waals surface area (Å²) >= 11 is 5.53. The fourth-order valence-electron chi connectivity index (χ4n) is 1.18. The number of halogens is 1. The second kappa shape index (κ2) is 5.79. The fourth-order valence-corrected chi connectivity index (χ4v) is 1.24. The Hall–Kier alpha value is -0.990. The molecule has 1 rings (SSSR count). The van der Waals surface area contributed by atoms with E-state index < -0.39 is 6.10 Å². The van der Waals surface area contributed by atoms with Crippen LogP contribution < -0.4 is 4.74 Å². The van der Waals surface area contributed by atoms with Gasteiger partial charge < -0.3 is 9.84 Å². The van der Waals surface area contributed by atoms with Crippen LogP contribution in [0.1, 0.15) is 25.5 Å². The Balaban J connectivity index is 2.76. The zero-order chi connectivity index (χ0) is 11.3. The van der Waals surface area contributed by atoms with E-state index in [1.165, 1.54) is 5.54 Å². The summed E-state index contributed by atoms with van der Waals surface area (Å²) in [4.78, 5) is 0. The molecule has 0 aliphatic carbocycles. The lowest BCUT2D eigenvalue weighted by atomic mass is 10.1. The molecule has 1 atom stereocenters. The normalized spacial score (nSPS) is 13.7. The van der Waals surface area contributed by atoms with Gasteiger partial charge in [-0.3, -0.25) is 0 Å². The second-order valence-electron chi connectivity index (χ2n) is 3.46. The number of rotatable bonds is 4. The van der Waals surface area contributed by atoms with Crippen LogP contribution in [0.5, 0.6) is 5.75 Å². The van der Waals surface area contributed by atoms with Crippen LogP contribution in [0.4, 0.5) is 0 Å². The van der Waals surface area contributed by atoms with Gasteiger partial charge in [0.1, 0.15) is 12.4 Å². The van der Waals surface area contributed by atoms with Gasteiger partial charge in [-0.25, -0.2) is 0 Å². The first-order valence-corrected chi connectivity index (χ1v) is 5.24. The average molecular weight is 227 g/mol. The Kier molecular flexibility index (Phi) is 4.66. The average Bonchev–Trinajstić information content (AvgIpc) is 2.26. The third kappa shape index (κ3) is 3.57. The highest BCUT2D eigenvalue weighted by atomic mass is 35.5. The summed E-state index contributed by atoms with van der Waals surface area (Å²) in [6, 6.07) is 7.43. The molecule has 0 bridgehead atoms. The Labute approximate surface area is 95.1 Å². The monoisotopic (exact) mass is 226 g/mol. The van der Waals surface area contributed by atoms with E-state index in [0.717, 1.165) is 11.1 Å². The lowest BCUT2D eigenvalue weighted by Crippen LogP contribution is -2.02. The number of aliphatic hydroxyl groups excluding tert-OH is 1. The molecule has 1 N–H and O–H groups in total. The first-order chi connectivity index (χ1) is 7.15. The molecule has 0 aromatic heterocycles. The van der Waals surface area contributed by atoms with Gasteiger partial charge in [0.05, 0.1) is 6.10 Å². The summed E-state index contributed by atoms with van der Waals surface area (Å²) in [6.07, 6.45) is -0.526. The van der Waals surface area contributed by atoms with Crippen molar-refractivity contribution in [3.05, 3.63) is 40.9 Å². The van der Waals surface area contributed by atoms with Gasteiger partial charge in [-0.15, -0.1) is 0 Å². The highest BCUT2D eigenvalue weighted by Gasteiger charge is 2.07. The molecule has 2 nitrogen and oxygen atoms in total. The van der Waals surface area contributed by atoms with Crippen molar-refractivity contribution in [2.24, 2.45) is 0 Å². The summed E-state index contributed by atoms with van der Waals surface area (Å²) in [7, 11) is 0. The smallest absolute Gasteiger partial charge is 0.125 e. The van der Waals surface area contributed by atoms with Crippen LogP contribution in [0, 0.1) is 0 Å². The first-order valence-electron chi connectivity index (χ1n) is 4.80. The molecule has 0 unspecified atom stereocenters. The van der Waals surface area contributed by atoms with Crippen LogP contribution in [0.15, 0.2) is 35.4 Å². The standard InChI is InChI=1S/C12H15ClO2/c1-9(7-13)8-15-12-6-4-3-5-11(12)10(2)14/h3-7,10,14H,8H2,1-2H3/b9-7+/t10-/m0/s1. The second-order valence-corrected chi connectivity index (χ2v) is 3.68. The Bertz CT molecular complexity index is 345. The van der Waals surface area contributed by atoms with E-state index in [0.29, 0.717) is 12.4 Å². The molecule has 0 heterocycles. The summed E-state index contributed by atoms with van der Waals surface area (Å²) in [5.41, 5.74) is 3.22. The highest BCUT2D eigenvalue weighted by molar-refractivity contribution is 6.25. The maximum Gasteiger partial charge on any atom is 0.125 e. The van der Waals surface area contributed by atoms with Crippen LogP contribution in [0.25, 0.3) is 0 Å². The zero-order valence-electron chi connectivity index (χ0n) is 8.90. The number of hydrogen-bond acceptors (Lipinski definition) is 2. The molecule has 0 amide bonds. The molecule has 15 heavy (non-hydrogen) atoms. The van der Waals surface area contributed by atoms with E-state index in [2.05, 4.69) is 0 Å². The summed E-state index contributed by atoms with van der Waals surface area (Å²) < 4.78 is 5.54. The van der Waals surface area contributed by atoms with Crippen LogP contribution in [-0.2, 0) is 0 Å². The van der Waals surface area contributed by atoms with Crippen molar-refractivity contribution in [1.82, 2.24) is 0 Å². The minimum absolute atomic E-state index is 0.438. The predicted octanol–water partition coefficient (Wildman–Crippen LogP) is 3.26. The fraction of sp³-hybridized carbons (Fsp3) is 0.333. The Morgan fingerprint density at radius 2 is 2.20 bits per heavy atom.